The van der Waals surface area contributed by atoms with Crippen molar-refractivity contribution in [1.82, 2.24) is 9.62 Å². The van der Waals surface area contributed by atoms with Gasteiger partial charge in [0.05, 0.1) is 4.90 Å². The number of hydrogen-bond donors (Lipinski definition) is 1. The molecule has 6 nitrogen and oxygen atoms in total. The van der Waals surface area contributed by atoms with Crippen molar-refractivity contribution in [3.05, 3.63) is 64.2 Å². The van der Waals surface area contributed by atoms with Crippen LogP contribution in [-0.4, -0.2) is 43.1 Å². The summed E-state index contributed by atoms with van der Waals surface area (Å²) in [4.78, 5) is 17.5. The molecule has 0 aromatic heterocycles. The zero-order valence-electron chi connectivity index (χ0n) is 16.3. The molecule has 1 amide bonds. The quantitative estimate of drug-likeness (QED) is 0.811. The predicted octanol–water partition coefficient (Wildman–Crippen LogP) is 3.06. The summed E-state index contributed by atoms with van der Waals surface area (Å²) in [5, 5.41) is 3.55. The van der Waals surface area contributed by atoms with Gasteiger partial charge < -0.3 is 5.32 Å². The highest BCUT2D eigenvalue weighted by molar-refractivity contribution is 7.89. The van der Waals surface area contributed by atoms with Crippen LogP contribution >= 0.6 is 11.6 Å². The van der Waals surface area contributed by atoms with Crippen LogP contribution in [0.5, 0.6) is 0 Å². The Kier molecular flexibility index (Phi) is 5.01. The first kappa shape index (κ1) is 20.1. The highest BCUT2D eigenvalue weighted by atomic mass is 35.5. The van der Waals surface area contributed by atoms with E-state index in [0.29, 0.717) is 47.1 Å². The number of piperidine rings is 1. The number of carbonyl (C=O) groups is 1. The number of benzene rings is 2. The van der Waals surface area contributed by atoms with E-state index in [2.05, 4.69) is 10.3 Å². The summed E-state index contributed by atoms with van der Waals surface area (Å²) in [5.74, 6) is -0.238. The number of nitrogens with zero attached hydrogens (tertiary/aromatic N) is 2. The van der Waals surface area contributed by atoms with Crippen molar-refractivity contribution in [3.63, 3.8) is 0 Å². The first-order valence-corrected chi connectivity index (χ1v) is 11.3. The van der Waals surface area contributed by atoms with Gasteiger partial charge in [0.2, 0.25) is 10.0 Å². The summed E-state index contributed by atoms with van der Waals surface area (Å²) in [6.07, 6.45) is 0.861. The first-order chi connectivity index (χ1) is 13.7. The molecule has 1 spiro atoms. The lowest BCUT2D eigenvalue weighted by molar-refractivity contribution is -0.115. The van der Waals surface area contributed by atoms with Crippen LogP contribution < -0.4 is 5.32 Å². The molecule has 152 valence electrons. The first-order valence-electron chi connectivity index (χ1n) is 9.46. The minimum absolute atomic E-state index is 0.238. The molecule has 2 aliphatic rings. The molecule has 1 saturated heterocycles. The molecule has 0 atom stereocenters. The minimum atomic E-state index is -3.57. The molecule has 0 radical (unpaired) electrons. The smallest absolute Gasteiger partial charge is 0.272 e. The fraction of sp³-hybridized carbons (Fsp3) is 0.333. The van der Waals surface area contributed by atoms with E-state index < -0.39 is 15.7 Å². The van der Waals surface area contributed by atoms with Crippen LogP contribution in [0.25, 0.3) is 0 Å². The highest BCUT2D eigenvalue weighted by Gasteiger charge is 2.44. The van der Waals surface area contributed by atoms with E-state index in [4.69, 9.17) is 11.6 Å². The van der Waals surface area contributed by atoms with Crippen LogP contribution in [0.2, 0.25) is 5.02 Å². The van der Waals surface area contributed by atoms with Crippen molar-refractivity contribution in [2.24, 2.45) is 4.99 Å². The molecule has 8 heteroatoms. The molecule has 2 aliphatic heterocycles. The van der Waals surface area contributed by atoms with Crippen molar-refractivity contribution < 1.29 is 13.2 Å². The number of nitrogens with one attached hydrogen (secondary N) is 1. The molecule has 1 fully saturated rings. The standard InChI is InChI=1S/C21H22ClN3O3S/c1-14-3-8-18(13-15(14)2)29(27,28)25-11-9-21(10-12-25)23-19(20(26)24-21)16-4-6-17(22)7-5-16/h3-8,13H,9-12H2,1-2H3,(H,24,26). The number of halogens is 1. The third kappa shape index (κ3) is 3.70. The predicted molar refractivity (Wildman–Crippen MR) is 113 cm³/mol. The van der Waals surface area contributed by atoms with Crippen LogP contribution in [-0.2, 0) is 14.8 Å². The van der Waals surface area contributed by atoms with Crippen molar-refractivity contribution in [1.29, 1.82) is 0 Å². The molecule has 0 aliphatic carbocycles. The summed E-state index contributed by atoms with van der Waals surface area (Å²) in [6.45, 7) is 4.45. The SMILES string of the molecule is Cc1ccc(S(=O)(=O)N2CCC3(CC2)N=C(c2ccc(Cl)cc2)C(=O)N3)cc1C. The average molecular weight is 432 g/mol. The molecule has 4 rings (SSSR count). The van der Waals surface area contributed by atoms with E-state index in [-0.39, 0.29) is 5.91 Å². The average Bonchev–Trinajstić information content (AvgIpc) is 3.00. The fourth-order valence-corrected chi connectivity index (χ4v) is 5.38. The Morgan fingerprint density at radius 2 is 1.69 bits per heavy atom. The molecule has 0 saturated carbocycles. The summed E-state index contributed by atoms with van der Waals surface area (Å²) >= 11 is 5.92. The topological polar surface area (TPSA) is 78.8 Å². The Hall–Kier alpha value is -2.22. The zero-order chi connectivity index (χ0) is 20.8. The van der Waals surface area contributed by atoms with E-state index in [9.17, 15) is 13.2 Å². The van der Waals surface area contributed by atoms with E-state index in [0.717, 1.165) is 11.1 Å². The number of hydrogen-bond acceptors (Lipinski definition) is 4. The second kappa shape index (κ2) is 7.23. The van der Waals surface area contributed by atoms with E-state index >= 15 is 0 Å². The van der Waals surface area contributed by atoms with Crippen LogP contribution in [0.4, 0.5) is 0 Å². The Balaban J connectivity index is 1.53. The largest absolute Gasteiger partial charge is 0.326 e. The highest BCUT2D eigenvalue weighted by Crippen LogP contribution is 2.32. The molecule has 29 heavy (non-hydrogen) atoms. The van der Waals surface area contributed by atoms with Gasteiger partial charge in [0, 0.05) is 36.5 Å². The van der Waals surface area contributed by atoms with Crippen molar-refractivity contribution in [3.8, 4) is 0 Å². The minimum Gasteiger partial charge on any atom is -0.326 e. The lowest BCUT2D eigenvalue weighted by Gasteiger charge is -2.36. The van der Waals surface area contributed by atoms with Crippen LogP contribution in [0.3, 0.4) is 0 Å². The maximum Gasteiger partial charge on any atom is 0.272 e. The van der Waals surface area contributed by atoms with Gasteiger partial charge in [-0.05, 0) is 49.2 Å². The summed E-state index contributed by atoms with van der Waals surface area (Å²) < 4.78 is 27.5. The molecule has 2 heterocycles. The second-order valence-electron chi connectivity index (χ2n) is 7.60. The van der Waals surface area contributed by atoms with Crippen LogP contribution in [0.15, 0.2) is 52.4 Å². The fourth-order valence-electron chi connectivity index (χ4n) is 3.72. The third-order valence-corrected chi connectivity index (χ3v) is 7.82. The molecule has 0 unspecified atom stereocenters. The van der Waals surface area contributed by atoms with Gasteiger partial charge in [-0.3, -0.25) is 9.79 Å². The lowest BCUT2D eigenvalue weighted by Crippen LogP contribution is -2.52. The Morgan fingerprint density at radius 3 is 2.31 bits per heavy atom. The number of aryl methyl sites for hydroxylation is 2. The van der Waals surface area contributed by atoms with E-state index in [1.54, 1.807) is 36.4 Å². The van der Waals surface area contributed by atoms with Gasteiger partial charge in [0.15, 0.2) is 0 Å². The van der Waals surface area contributed by atoms with Gasteiger partial charge in [-0.25, -0.2) is 8.42 Å². The van der Waals surface area contributed by atoms with Crippen molar-refractivity contribution in [2.75, 3.05) is 13.1 Å². The Labute approximate surface area is 175 Å². The maximum atomic E-state index is 13.0. The normalized spacial score (nSPS) is 19.3. The second-order valence-corrected chi connectivity index (χ2v) is 9.98. The number of aliphatic imine (C=N–C) groups is 1. The number of carbonyl (C=O) groups excluding carboxylic acids is 1. The molecule has 1 N–H and O–H groups in total. The number of rotatable bonds is 3. The molecule has 2 aromatic carbocycles. The van der Waals surface area contributed by atoms with E-state index in [1.807, 2.05) is 19.9 Å². The van der Waals surface area contributed by atoms with Crippen LogP contribution in [0.1, 0.15) is 29.5 Å². The van der Waals surface area contributed by atoms with Gasteiger partial charge in [-0.2, -0.15) is 4.31 Å². The monoisotopic (exact) mass is 431 g/mol. The van der Waals surface area contributed by atoms with Gasteiger partial charge >= 0.3 is 0 Å². The summed E-state index contributed by atoms with van der Waals surface area (Å²) in [6, 6.07) is 12.2. The third-order valence-electron chi connectivity index (χ3n) is 5.67. The van der Waals surface area contributed by atoms with Crippen LogP contribution in [0, 0.1) is 13.8 Å². The number of sulfonamides is 1. The maximum absolute atomic E-state index is 13.0. The summed E-state index contributed by atoms with van der Waals surface area (Å²) in [7, 11) is -3.57. The van der Waals surface area contributed by atoms with Crippen molar-refractivity contribution >= 4 is 33.2 Å². The Morgan fingerprint density at radius 1 is 1.03 bits per heavy atom. The van der Waals surface area contributed by atoms with Gasteiger partial charge in [0.25, 0.3) is 5.91 Å². The van der Waals surface area contributed by atoms with Gasteiger partial charge in [-0.1, -0.05) is 29.8 Å². The van der Waals surface area contributed by atoms with Gasteiger partial charge in [0.1, 0.15) is 11.4 Å². The van der Waals surface area contributed by atoms with E-state index in [1.165, 1.54) is 4.31 Å². The zero-order valence-corrected chi connectivity index (χ0v) is 17.8. The Bertz CT molecular complexity index is 1100. The lowest BCUT2D eigenvalue weighted by atomic mass is 10.00. The molecular formula is C21H22ClN3O3S. The number of amides is 1. The molecule has 0 bridgehead atoms. The molecule has 2 aromatic rings. The molecular weight excluding hydrogens is 410 g/mol. The van der Waals surface area contributed by atoms with Gasteiger partial charge in [-0.15, -0.1) is 0 Å². The summed E-state index contributed by atoms with van der Waals surface area (Å²) in [5.41, 5.74) is 2.32. The van der Waals surface area contributed by atoms with Crippen molar-refractivity contribution in [2.45, 2.75) is 37.2 Å².